The Balaban J connectivity index is 1.50. The third-order valence-corrected chi connectivity index (χ3v) is 13.7. The second-order valence-corrected chi connectivity index (χ2v) is 16.1. The molecule has 0 radical (unpaired) electrons. The van der Waals surface area contributed by atoms with Crippen LogP contribution in [-0.2, 0) is 20.0 Å². The van der Waals surface area contributed by atoms with Crippen LogP contribution in [0.25, 0.3) is 0 Å². The lowest BCUT2D eigenvalue weighted by atomic mass is 9.70. The van der Waals surface area contributed by atoms with Crippen LogP contribution in [0.1, 0.15) is 66.2 Å². The minimum Gasteiger partial charge on any atom is -0.292 e. The van der Waals surface area contributed by atoms with Crippen LogP contribution < -0.4 is 9.44 Å². The molecule has 5 aliphatic rings. The summed E-state index contributed by atoms with van der Waals surface area (Å²) < 4.78 is 57.8. The van der Waals surface area contributed by atoms with Crippen molar-refractivity contribution >= 4 is 31.5 Å². The fourth-order valence-electron chi connectivity index (χ4n) is 8.24. The number of nitrogens with zero attached hydrogens (tertiary/aromatic N) is 2. The quantitative estimate of drug-likeness (QED) is 0.518. The SMILES string of the molecule is CC1(C)C2CCC13CS(=O)(=O)NCCNS(=O)(=O)CC14CCC(CC1=NCCN=C3C2)C4(C)C. The molecule has 1 aliphatic heterocycles. The van der Waals surface area contributed by atoms with Crippen LogP contribution in [0.15, 0.2) is 9.98 Å². The predicted molar refractivity (Wildman–Crippen MR) is 135 cm³/mol. The van der Waals surface area contributed by atoms with E-state index in [9.17, 15) is 16.8 Å². The van der Waals surface area contributed by atoms with E-state index in [-0.39, 0.29) is 35.4 Å². The lowest BCUT2D eigenvalue weighted by Gasteiger charge is -2.38. The Morgan fingerprint density at radius 3 is 1.44 bits per heavy atom. The van der Waals surface area contributed by atoms with Crippen molar-refractivity contribution in [2.75, 3.05) is 37.7 Å². The molecule has 5 rings (SSSR count). The van der Waals surface area contributed by atoms with Gasteiger partial charge in [-0.15, -0.1) is 0 Å². The van der Waals surface area contributed by atoms with E-state index in [0.717, 1.165) is 49.9 Å². The highest BCUT2D eigenvalue weighted by molar-refractivity contribution is 7.89. The van der Waals surface area contributed by atoms with Gasteiger partial charge < -0.3 is 0 Å². The molecule has 4 fully saturated rings. The molecule has 4 saturated carbocycles. The molecule has 2 N–H and O–H groups in total. The summed E-state index contributed by atoms with van der Waals surface area (Å²) in [4.78, 5) is 9.95. The van der Waals surface area contributed by atoms with Gasteiger partial charge in [-0.25, -0.2) is 26.3 Å². The van der Waals surface area contributed by atoms with Crippen LogP contribution in [0.5, 0.6) is 0 Å². The highest BCUT2D eigenvalue weighted by Gasteiger charge is 2.65. The molecular formula is C24H40N4O4S2. The average molecular weight is 513 g/mol. The van der Waals surface area contributed by atoms with E-state index in [4.69, 9.17) is 9.98 Å². The van der Waals surface area contributed by atoms with E-state index in [1.165, 1.54) is 0 Å². The number of sulfonamides is 2. The summed E-state index contributed by atoms with van der Waals surface area (Å²) in [5.74, 6) is 0.943. The van der Waals surface area contributed by atoms with Gasteiger partial charge in [-0.3, -0.25) is 9.98 Å². The topological polar surface area (TPSA) is 117 Å². The Hall–Kier alpha value is -0.840. The first-order chi connectivity index (χ1) is 15.7. The van der Waals surface area contributed by atoms with Crippen molar-refractivity contribution in [1.82, 2.24) is 9.44 Å². The summed E-state index contributed by atoms with van der Waals surface area (Å²) >= 11 is 0. The molecule has 10 heteroatoms. The smallest absolute Gasteiger partial charge is 0.212 e. The molecule has 2 spiro atoms. The molecular weight excluding hydrogens is 472 g/mol. The van der Waals surface area contributed by atoms with Crippen LogP contribution in [0, 0.1) is 33.5 Å². The van der Waals surface area contributed by atoms with Gasteiger partial charge in [0.05, 0.1) is 24.6 Å². The lowest BCUT2D eigenvalue weighted by Crippen LogP contribution is -2.48. The highest BCUT2D eigenvalue weighted by atomic mass is 32.2. The largest absolute Gasteiger partial charge is 0.292 e. The van der Waals surface area contributed by atoms with Gasteiger partial charge in [-0.2, -0.15) is 0 Å². The molecule has 34 heavy (non-hydrogen) atoms. The standard InChI is InChI=1S/C24H40N4O4S2/c1-21(2)17-5-7-23(21)15-33(29,30)27-11-12-28-34(31,32)16-24-8-6-18(22(24,3)4)14-20(24)26-10-9-25-19(23)13-17/h17-18,27-28H,5-16H2,1-4H3. The minimum atomic E-state index is -3.59. The lowest BCUT2D eigenvalue weighted by molar-refractivity contribution is 0.195. The maximum absolute atomic E-state index is 13.1. The van der Waals surface area contributed by atoms with Gasteiger partial charge in [-0.05, 0) is 61.2 Å². The molecule has 0 aromatic carbocycles. The minimum absolute atomic E-state index is 0.0165. The molecule has 8 nitrogen and oxygen atoms in total. The number of aliphatic imine (C=N–C) groups is 2. The van der Waals surface area contributed by atoms with E-state index < -0.39 is 30.9 Å². The monoisotopic (exact) mass is 512 g/mol. The molecule has 4 aliphatic carbocycles. The second-order valence-electron chi connectivity index (χ2n) is 12.5. The third kappa shape index (κ3) is 3.57. The molecule has 4 atom stereocenters. The molecule has 192 valence electrons. The molecule has 0 aromatic rings. The van der Waals surface area contributed by atoms with Crippen molar-refractivity contribution in [1.29, 1.82) is 0 Å². The predicted octanol–water partition coefficient (Wildman–Crippen LogP) is 2.37. The Labute approximate surface area is 205 Å². The van der Waals surface area contributed by atoms with Gasteiger partial charge >= 0.3 is 0 Å². The van der Waals surface area contributed by atoms with E-state index >= 15 is 0 Å². The maximum Gasteiger partial charge on any atom is 0.212 e. The second kappa shape index (κ2) is 7.83. The van der Waals surface area contributed by atoms with Crippen molar-refractivity contribution in [3.63, 3.8) is 0 Å². The maximum atomic E-state index is 13.1. The summed E-state index contributed by atoms with van der Waals surface area (Å²) in [5.41, 5.74) is 0.937. The van der Waals surface area contributed by atoms with E-state index in [1.807, 2.05) is 0 Å². The average Bonchev–Trinajstić information content (AvgIpc) is 3.26. The summed E-state index contributed by atoms with van der Waals surface area (Å²) in [6.45, 7) is 9.92. The van der Waals surface area contributed by atoms with Crippen LogP contribution in [0.4, 0.5) is 0 Å². The van der Waals surface area contributed by atoms with E-state index in [0.29, 0.717) is 24.9 Å². The zero-order valence-corrected chi connectivity index (χ0v) is 22.6. The number of nitrogens with one attached hydrogen (secondary N) is 2. The number of rotatable bonds is 0. The van der Waals surface area contributed by atoms with Crippen LogP contribution >= 0.6 is 0 Å². The zero-order valence-electron chi connectivity index (χ0n) is 21.0. The van der Waals surface area contributed by atoms with Crippen molar-refractivity contribution in [2.24, 2.45) is 43.5 Å². The van der Waals surface area contributed by atoms with Gasteiger partial charge in [-0.1, -0.05) is 27.7 Å². The van der Waals surface area contributed by atoms with Crippen molar-refractivity contribution in [3.8, 4) is 0 Å². The summed E-state index contributed by atoms with van der Waals surface area (Å²) in [7, 11) is -7.18. The van der Waals surface area contributed by atoms with Crippen LogP contribution in [0.3, 0.4) is 0 Å². The number of fused-ring (bicyclic) bond motifs is 2. The Morgan fingerprint density at radius 2 is 1.09 bits per heavy atom. The van der Waals surface area contributed by atoms with Crippen LogP contribution in [-0.4, -0.2) is 65.9 Å². The van der Waals surface area contributed by atoms with Gasteiger partial charge in [0.25, 0.3) is 0 Å². The molecule has 4 unspecified atom stereocenters. The number of hydrogen-bond acceptors (Lipinski definition) is 6. The molecule has 1 heterocycles. The molecule has 0 amide bonds. The molecule has 0 saturated heterocycles. The van der Waals surface area contributed by atoms with Gasteiger partial charge in [0, 0.05) is 35.3 Å². The first-order valence-corrected chi connectivity index (χ1v) is 16.1. The van der Waals surface area contributed by atoms with Gasteiger partial charge in [0.1, 0.15) is 0 Å². The molecule has 0 aromatic heterocycles. The Kier molecular flexibility index (Phi) is 5.72. The van der Waals surface area contributed by atoms with Gasteiger partial charge in [0.2, 0.25) is 20.0 Å². The van der Waals surface area contributed by atoms with E-state index in [2.05, 4.69) is 37.1 Å². The normalized spacial score (nSPS) is 42.5. The number of hydrogen-bond donors (Lipinski definition) is 2. The summed E-state index contributed by atoms with van der Waals surface area (Å²) in [6.07, 6.45) is 5.48. The molecule has 4 bridgehead atoms. The zero-order chi connectivity index (χ0) is 24.6. The fraction of sp³-hybridized carbons (Fsp3) is 0.917. The van der Waals surface area contributed by atoms with Gasteiger partial charge in [0.15, 0.2) is 0 Å². The first-order valence-electron chi connectivity index (χ1n) is 12.8. The Bertz CT molecular complexity index is 1050. The van der Waals surface area contributed by atoms with Crippen molar-refractivity contribution in [3.05, 3.63) is 0 Å². The van der Waals surface area contributed by atoms with Crippen molar-refractivity contribution in [2.45, 2.75) is 66.2 Å². The Morgan fingerprint density at radius 1 is 0.706 bits per heavy atom. The fourth-order valence-corrected chi connectivity index (χ4v) is 11.9. The van der Waals surface area contributed by atoms with Crippen molar-refractivity contribution < 1.29 is 16.8 Å². The highest BCUT2D eigenvalue weighted by Crippen LogP contribution is 2.65. The summed E-state index contributed by atoms with van der Waals surface area (Å²) in [5, 5.41) is 0. The first kappa shape index (κ1) is 24.8. The van der Waals surface area contributed by atoms with E-state index in [1.54, 1.807) is 0 Å². The summed E-state index contributed by atoms with van der Waals surface area (Å²) in [6, 6.07) is 0. The third-order valence-electron chi connectivity index (χ3n) is 10.7. The van der Waals surface area contributed by atoms with Crippen LogP contribution in [0.2, 0.25) is 0 Å².